The molecule has 154 valence electrons. The van der Waals surface area contributed by atoms with Crippen LogP contribution in [0.25, 0.3) is 0 Å². The first kappa shape index (κ1) is 24.7. The highest BCUT2D eigenvalue weighted by molar-refractivity contribution is 5.72. The second-order valence-electron chi connectivity index (χ2n) is 5.34. The molecule has 0 aromatic rings. The highest BCUT2D eigenvalue weighted by atomic mass is 16.9. The van der Waals surface area contributed by atoms with Gasteiger partial charge in [0.05, 0.1) is 0 Å². The molecule has 2 N–H and O–H groups in total. The molecular formula is C17H32O9. The van der Waals surface area contributed by atoms with E-state index in [2.05, 4.69) is 0 Å². The third-order valence-electron chi connectivity index (χ3n) is 3.73. The number of aliphatic carboxylic acids is 2. The molecule has 0 radical (unpaired) electrons. The summed E-state index contributed by atoms with van der Waals surface area (Å²) in [5.41, 5.74) is 0. The molecule has 0 saturated heterocycles. The van der Waals surface area contributed by atoms with Crippen LogP contribution in [0.4, 0.5) is 0 Å². The van der Waals surface area contributed by atoms with Gasteiger partial charge in [0.15, 0.2) is 0 Å². The highest BCUT2D eigenvalue weighted by Gasteiger charge is 2.64. The van der Waals surface area contributed by atoms with Crippen molar-refractivity contribution in [1.82, 2.24) is 0 Å². The van der Waals surface area contributed by atoms with Crippen LogP contribution in [0.1, 0.15) is 47.0 Å². The molecule has 0 aliphatic carbocycles. The Labute approximate surface area is 154 Å². The average molecular weight is 380 g/mol. The second kappa shape index (κ2) is 12.2. The molecule has 0 aliphatic heterocycles. The summed E-state index contributed by atoms with van der Waals surface area (Å²) in [6.07, 6.45) is -0.0873. The molecule has 0 aliphatic rings. The first-order valence-corrected chi connectivity index (χ1v) is 8.86. The minimum absolute atomic E-state index is 0.0234. The quantitative estimate of drug-likeness (QED) is 0.388. The van der Waals surface area contributed by atoms with Crippen LogP contribution in [0.2, 0.25) is 0 Å². The van der Waals surface area contributed by atoms with Gasteiger partial charge in [-0.2, -0.15) is 0 Å². The summed E-state index contributed by atoms with van der Waals surface area (Å²) < 4.78 is 28.4. The highest BCUT2D eigenvalue weighted by Crippen LogP contribution is 2.42. The molecule has 0 aromatic heterocycles. The van der Waals surface area contributed by atoms with E-state index >= 15 is 0 Å². The Kier molecular flexibility index (Phi) is 11.6. The number of hydrogen-bond donors (Lipinski definition) is 2. The Balaban J connectivity index is 6.17. The predicted octanol–water partition coefficient (Wildman–Crippen LogP) is 2.08. The first-order valence-electron chi connectivity index (χ1n) is 8.86. The lowest BCUT2D eigenvalue weighted by atomic mass is 9.89. The van der Waals surface area contributed by atoms with Crippen LogP contribution in [-0.2, 0) is 33.3 Å². The van der Waals surface area contributed by atoms with Crippen molar-refractivity contribution in [2.75, 3.05) is 33.5 Å². The van der Waals surface area contributed by atoms with Crippen LogP contribution in [0.5, 0.6) is 0 Å². The SMILES string of the molecule is CCOC(OCC)(OCC)C(OC)(OCC)C(CCCC(=O)O)C(=O)O. The maximum Gasteiger partial charge on any atom is 0.341 e. The maximum absolute atomic E-state index is 12.0. The number of carboxylic acids is 2. The van der Waals surface area contributed by atoms with Gasteiger partial charge in [-0.05, 0) is 40.5 Å². The van der Waals surface area contributed by atoms with Crippen molar-refractivity contribution in [1.29, 1.82) is 0 Å². The number of rotatable bonds is 16. The average Bonchev–Trinajstić information content (AvgIpc) is 2.57. The maximum atomic E-state index is 12.0. The number of hydrogen-bond acceptors (Lipinski definition) is 7. The van der Waals surface area contributed by atoms with Crippen molar-refractivity contribution in [2.24, 2.45) is 5.92 Å². The van der Waals surface area contributed by atoms with Crippen molar-refractivity contribution in [3.63, 3.8) is 0 Å². The molecule has 26 heavy (non-hydrogen) atoms. The molecule has 0 saturated carbocycles. The van der Waals surface area contributed by atoms with Gasteiger partial charge in [-0.1, -0.05) is 0 Å². The van der Waals surface area contributed by atoms with E-state index in [0.29, 0.717) is 0 Å². The standard InChI is InChI=1S/C17H32O9/c1-6-23-16(22-5,13(15(20)21)11-10-12-14(18)19)17(24-7-2,25-8-3)26-9-4/h13H,6-12H2,1-5H3,(H,18,19)(H,20,21). The van der Waals surface area contributed by atoms with Gasteiger partial charge < -0.3 is 33.9 Å². The topological polar surface area (TPSA) is 121 Å². The molecule has 0 aromatic carbocycles. The van der Waals surface area contributed by atoms with Crippen LogP contribution in [0.3, 0.4) is 0 Å². The summed E-state index contributed by atoms with van der Waals surface area (Å²) >= 11 is 0. The molecule has 0 amide bonds. The lowest BCUT2D eigenvalue weighted by Gasteiger charge is -2.48. The molecule has 0 spiro atoms. The summed E-state index contributed by atoms with van der Waals surface area (Å²) in [5.74, 6) is -7.36. The van der Waals surface area contributed by atoms with E-state index in [1.807, 2.05) is 0 Å². The zero-order valence-corrected chi connectivity index (χ0v) is 16.3. The number of carbonyl (C=O) groups is 2. The fourth-order valence-electron chi connectivity index (χ4n) is 2.87. The molecule has 2 unspecified atom stereocenters. The summed E-state index contributed by atoms with van der Waals surface area (Å²) in [4.78, 5) is 22.9. The number of carboxylic acid groups (broad SMARTS) is 2. The molecule has 0 bridgehead atoms. The van der Waals surface area contributed by atoms with E-state index in [4.69, 9.17) is 28.8 Å². The molecule has 9 heteroatoms. The van der Waals surface area contributed by atoms with Gasteiger partial charge in [0.25, 0.3) is 5.79 Å². The zero-order chi connectivity index (χ0) is 20.2. The molecular weight excluding hydrogens is 348 g/mol. The minimum atomic E-state index is -1.92. The normalized spacial score (nSPS) is 15.4. The van der Waals surface area contributed by atoms with Crippen LogP contribution in [-0.4, -0.2) is 67.4 Å². The lowest BCUT2D eigenvalue weighted by Crippen LogP contribution is -2.67. The lowest BCUT2D eigenvalue weighted by molar-refractivity contribution is -0.501. The third-order valence-corrected chi connectivity index (χ3v) is 3.73. The molecule has 0 fully saturated rings. The van der Waals surface area contributed by atoms with Crippen LogP contribution in [0.15, 0.2) is 0 Å². The Hall–Kier alpha value is -1.26. The zero-order valence-electron chi connectivity index (χ0n) is 16.3. The molecule has 0 rings (SSSR count). The van der Waals surface area contributed by atoms with E-state index in [1.165, 1.54) is 7.11 Å². The van der Waals surface area contributed by atoms with E-state index in [1.54, 1.807) is 27.7 Å². The van der Waals surface area contributed by atoms with Gasteiger partial charge in [0.2, 0.25) is 0 Å². The van der Waals surface area contributed by atoms with Crippen LogP contribution < -0.4 is 0 Å². The first-order chi connectivity index (χ1) is 12.3. The monoisotopic (exact) mass is 380 g/mol. The van der Waals surface area contributed by atoms with Gasteiger partial charge in [-0.25, -0.2) is 0 Å². The summed E-state index contributed by atoms with van der Waals surface area (Å²) in [6.45, 7) is 7.36. The number of methoxy groups -OCH3 is 1. The molecule has 2 atom stereocenters. The van der Waals surface area contributed by atoms with Crippen molar-refractivity contribution < 1.29 is 43.5 Å². The Morgan fingerprint density at radius 2 is 1.35 bits per heavy atom. The number of ether oxygens (including phenoxy) is 5. The van der Waals surface area contributed by atoms with Crippen molar-refractivity contribution in [3.05, 3.63) is 0 Å². The summed E-state index contributed by atoms with van der Waals surface area (Å²) in [7, 11) is 1.29. The van der Waals surface area contributed by atoms with Gasteiger partial charge >= 0.3 is 17.9 Å². The Bertz CT molecular complexity index is 409. The fraction of sp³-hybridized carbons (Fsp3) is 0.882. The van der Waals surface area contributed by atoms with Gasteiger partial charge in [0, 0.05) is 40.0 Å². The largest absolute Gasteiger partial charge is 0.481 e. The molecule has 9 nitrogen and oxygen atoms in total. The van der Waals surface area contributed by atoms with Crippen molar-refractivity contribution >= 4 is 11.9 Å². The Morgan fingerprint density at radius 3 is 1.65 bits per heavy atom. The Morgan fingerprint density at radius 1 is 0.885 bits per heavy atom. The smallest absolute Gasteiger partial charge is 0.341 e. The van der Waals surface area contributed by atoms with Crippen LogP contribution >= 0.6 is 0 Å². The van der Waals surface area contributed by atoms with E-state index in [9.17, 15) is 14.7 Å². The van der Waals surface area contributed by atoms with Crippen molar-refractivity contribution in [2.45, 2.75) is 58.7 Å². The van der Waals surface area contributed by atoms with E-state index < -0.39 is 29.6 Å². The fourth-order valence-corrected chi connectivity index (χ4v) is 2.87. The predicted molar refractivity (Wildman–Crippen MR) is 91.6 cm³/mol. The van der Waals surface area contributed by atoms with Gasteiger partial charge in [-0.15, -0.1) is 0 Å². The van der Waals surface area contributed by atoms with E-state index in [0.717, 1.165) is 0 Å². The van der Waals surface area contributed by atoms with E-state index in [-0.39, 0.29) is 45.7 Å². The second-order valence-corrected chi connectivity index (χ2v) is 5.34. The summed E-state index contributed by atoms with van der Waals surface area (Å²) in [6, 6.07) is 0. The summed E-state index contributed by atoms with van der Waals surface area (Å²) in [5, 5.41) is 18.7. The third kappa shape index (κ3) is 5.88. The van der Waals surface area contributed by atoms with Gasteiger partial charge in [0.1, 0.15) is 5.92 Å². The van der Waals surface area contributed by atoms with Gasteiger partial charge in [-0.3, -0.25) is 9.59 Å². The van der Waals surface area contributed by atoms with Crippen LogP contribution in [0, 0.1) is 5.92 Å². The molecule has 0 heterocycles. The van der Waals surface area contributed by atoms with Crippen molar-refractivity contribution in [3.8, 4) is 0 Å². The minimum Gasteiger partial charge on any atom is -0.481 e.